The molecule has 0 atom stereocenters. The fourth-order valence-electron chi connectivity index (χ4n) is 3.05. The van der Waals surface area contributed by atoms with Crippen molar-refractivity contribution in [3.63, 3.8) is 0 Å². The third-order valence-electron chi connectivity index (χ3n) is 4.29. The Morgan fingerprint density at radius 1 is 1.44 bits per heavy atom. The van der Waals surface area contributed by atoms with Gasteiger partial charge in [0.05, 0.1) is 19.3 Å². The van der Waals surface area contributed by atoms with Gasteiger partial charge in [-0.3, -0.25) is 4.79 Å². The second-order valence-corrected chi connectivity index (χ2v) is 6.15. The highest BCUT2D eigenvalue weighted by Crippen LogP contribution is 2.25. The number of amides is 1. The maximum atomic E-state index is 12.9. The van der Waals surface area contributed by atoms with E-state index in [0.717, 1.165) is 25.3 Å². The molecule has 1 amide bonds. The van der Waals surface area contributed by atoms with Crippen LogP contribution < -0.4 is 5.32 Å². The molecule has 0 saturated heterocycles. The van der Waals surface area contributed by atoms with Crippen molar-refractivity contribution in [1.29, 1.82) is 0 Å². The number of esters is 1. The molecule has 3 rings (SSSR count). The number of rotatable bonds is 4. The molecule has 1 N–H and O–H groups in total. The quantitative estimate of drug-likeness (QED) is 0.851. The van der Waals surface area contributed by atoms with E-state index in [4.69, 9.17) is 9.15 Å². The average molecular weight is 346 g/mol. The first kappa shape index (κ1) is 17.1. The van der Waals surface area contributed by atoms with Gasteiger partial charge >= 0.3 is 5.97 Å². The van der Waals surface area contributed by atoms with Crippen molar-refractivity contribution in [2.75, 3.05) is 26.0 Å². The molecule has 3 heterocycles. The first-order chi connectivity index (χ1) is 11.9. The number of carbonyl (C=O) groups is 2. The lowest BCUT2D eigenvalue weighted by atomic mass is 10.2. The number of aromatic nitrogens is 2. The van der Waals surface area contributed by atoms with E-state index in [2.05, 4.69) is 10.4 Å². The third kappa shape index (κ3) is 3.11. The molecule has 0 saturated carbocycles. The summed E-state index contributed by atoms with van der Waals surface area (Å²) in [5.41, 5.74) is 1.66. The number of carbonyl (C=O) groups excluding carboxylic acids is 2. The Morgan fingerprint density at radius 2 is 2.20 bits per heavy atom. The van der Waals surface area contributed by atoms with Gasteiger partial charge in [0.1, 0.15) is 28.5 Å². The van der Waals surface area contributed by atoms with Crippen LogP contribution in [0.2, 0.25) is 0 Å². The molecule has 0 unspecified atom stereocenters. The minimum Gasteiger partial charge on any atom is -0.465 e. The third-order valence-corrected chi connectivity index (χ3v) is 4.29. The summed E-state index contributed by atoms with van der Waals surface area (Å²) in [4.78, 5) is 26.1. The van der Waals surface area contributed by atoms with Crippen LogP contribution in [0.3, 0.4) is 0 Å². The predicted octanol–water partition coefficient (Wildman–Crippen LogP) is 1.97. The number of anilines is 1. The molecule has 2 aromatic heterocycles. The molecule has 1 aliphatic heterocycles. The Morgan fingerprint density at radius 3 is 2.92 bits per heavy atom. The molecule has 0 aromatic carbocycles. The van der Waals surface area contributed by atoms with E-state index in [1.165, 1.54) is 7.11 Å². The highest BCUT2D eigenvalue weighted by atomic mass is 16.5. The smallest absolute Gasteiger partial charge is 0.341 e. The van der Waals surface area contributed by atoms with Crippen LogP contribution in [0.5, 0.6) is 0 Å². The molecule has 0 fully saturated rings. The summed E-state index contributed by atoms with van der Waals surface area (Å²) >= 11 is 0. The van der Waals surface area contributed by atoms with E-state index in [0.29, 0.717) is 28.3 Å². The molecule has 0 spiro atoms. The lowest BCUT2D eigenvalue weighted by Gasteiger charge is -2.19. The average Bonchev–Trinajstić information content (AvgIpc) is 3.12. The summed E-state index contributed by atoms with van der Waals surface area (Å²) in [6.07, 6.45) is 0.986. The van der Waals surface area contributed by atoms with Gasteiger partial charge < -0.3 is 19.4 Å². The van der Waals surface area contributed by atoms with Gasteiger partial charge in [-0.1, -0.05) is 0 Å². The molecular formula is C17H22N4O4. The predicted molar refractivity (Wildman–Crippen MR) is 90.7 cm³/mol. The molecule has 0 bridgehead atoms. The molecular weight excluding hydrogens is 324 g/mol. The summed E-state index contributed by atoms with van der Waals surface area (Å²) in [5.74, 6) is 1.18. The zero-order valence-corrected chi connectivity index (χ0v) is 14.9. The van der Waals surface area contributed by atoms with Crippen molar-refractivity contribution in [3.05, 3.63) is 34.4 Å². The van der Waals surface area contributed by atoms with Gasteiger partial charge in [-0.05, 0) is 26.3 Å². The van der Waals surface area contributed by atoms with Crippen LogP contribution in [0.15, 0.2) is 10.5 Å². The molecule has 2 aromatic rings. The number of nitrogens with one attached hydrogen (secondary N) is 1. The van der Waals surface area contributed by atoms with Crippen molar-refractivity contribution in [2.24, 2.45) is 0 Å². The van der Waals surface area contributed by atoms with Gasteiger partial charge in [-0.25, -0.2) is 9.48 Å². The first-order valence-corrected chi connectivity index (χ1v) is 8.16. The van der Waals surface area contributed by atoms with Crippen molar-refractivity contribution in [2.45, 2.75) is 33.4 Å². The van der Waals surface area contributed by atoms with E-state index in [1.807, 2.05) is 11.6 Å². The van der Waals surface area contributed by atoms with E-state index in [-0.39, 0.29) is 12.5 Å². The van der Waals surface area contributed by atoms with Crippen LogP contribution >= 0.6 is 0 Å². The number of aryl methyl sites for hydroxylation is 3. The highest BCUT2D eigenvalue weighted by molar-refractivity contribution is 6.00. The molecule has 134 valence electrons. The fourth-order valence-corrected chi connectivity index (χ4v) is 3.05. The Bertz CT molecular complexity index is 821. The molecule has 0 aliphatic carbocycles. The van der Waals surface area contributed by atoms with Gasteiger partial charge in [0.2, 0.25) is 0 Å². The number of hydrogen-bond acceptors (Lipinski definition) is 6. The Balaban J connectivity index is 1.80. The zero-order valence-electron chi connectivity index (χ0n) is 14.9. The Labute approximate surface area is 145 Å². The van der Waals surface area contributed by atoms with Crippen molar-refractivity contribution < 1.29 is 18.7 Å². The van der Waals surface area contributed by atoms with Crippen LogP contribution in [-0.2, 0) is 17.8 Å². The molecule has 25 heavy (non-hydrogen) atoms. The van der Waals surface area contributed by atoms with Gasteiger partial charge in [0.15, 0.2) is 0 Å². The van der Waals surface area contributed by atoms with Gasteiger partial charge in [0, 0.05) is 20.1 Å². The lowest BCUT2D eigenvalue weighted by molar-refractivity contribution is 0.0598. The summed E-state index contributed by atoms with van der Waals surface area (Å²) in [5, 5.41) is 7.69. The van der Waals surface area contributed by atoms with Crippen LogP contribution in [0.4, 0.5) is 5.82 Å². The standard InChI is InChI=1S/C17H22N4O4/c1-10-14(15-18-6-5-7-21(15)19-10)16(22)20(3)9-12-8-13(11(2)25-12)17(23)24-4/h8,18H,5-7,9H2,1-4H3. The van der Waals surface area contributed by atoms with Crippen LogP contribution in [-0.4, -0.2) is 47.3 Å². The molecule has 8 heteroatoms. The van der Waals surface area contributed by atoms with Crippen molar-refractivity contribution in [3.8, 4) is 0 Å². The zero-order chi connectivity index (χ0) is 18.1. The minimum atomic E-state index is -0.452. The van der Waals surface area contributed by atoms with Crippen LogP contribution in [0, 0.1) is 13.8 Å². The van der Waals surface area contributed by atoms with Gasteiger partial charge in [-0.2, -0.15) is 5.10 Å². The number of fused-ring (bicyclic) bond motifs is 1. The lowest BCUT2D eigenvalue weighted by Crippen LogP contribution is -2.28. The molecule has 1 aliphatic rings. The Hall–Kier alpha value is -2.77. The maximum absolute atomic E-state index is 12.9. The number of nitrogens with zero attached hydrogens (tertiary/aromatic N) is 3. The molecule has 0 radical (unpaired) electrons. The molecule has 8 nitrogen and oxygen atoms in total. The normalized spacial score (nSPS) is 13.1. The number of furan rings is 1. The SMILES string of the molecule is COC(=O)c1cc(CN(C)C(=O)c2c(C)nn3c2NCCC3)oc1C. The topological polar surface area (TPSA) is 89.6 Å². The van der Waals surface area contributed by atoms with E-state index in [1.54, 1.807) is 24.9 Å². The monoisotopic (exact) mass is 346 g/mol. The highest BCUT2D eigenvalue weighted by Gasteiger charge is 2.26. The van der Waals surface area contributed by atoms with E-state index in [9.17, 15) is 9.59 Å². The van der Waals surface area contributed by atoms with Gasteiger partial charge in [0.25, 0.3) is 5.91 Å². The second kappa shape index (κ2) is 6.62. The van der Waals surface area contributed by atoms with Crippen molar-refractivity contribution >= 4 is 17.7 Å². The summed E-state index contributed by atoms with van der Waals surface area (Å²) < 4.78 is 12.1. The summed E-state index contributed by atoms with van der Waals surface area (Å²) in [6, 6.07) is 1.61. The number of hydrogen-bond donors (Lipinski definition) is 1. The number of ether oxygens (including phenoxy) is 1. The van der Waals surface area contributed by atoms with Crippen LogP contribution in [0.25, 0.3) is 0 Å². The fraction of sp³-hybridized carbons (Fsp3) is 0.471. The minimum absolute atomic E-state index is 0.137. The van der Waals surface area contributed by atoms with E-state index >= 15 is 0 Å². The summed E-state index contributed by atoms with van der Waals surface area (Å²) in [7, 11) is 3.02. The maximum Gasteiger partial charge on any atom is 0.341 e. The van der Waals surface area contributed by atoms with Crippen molar-refractivity contribution in [1.82, 2.24) is 14.7 Å². The Kier molecular flexibility index (Phi) is 4.52. The van der Waals surface area contributed by atoms with E-state index < -0.39 is 5.97 Å². The summed E-state index contributed by atoms with van der Waals surface area (Å²) in [6.45, 7) is 5.41. The first-order valence-electron chi connectivity index (χ1n) is 8.16. The second-order valence-electron chi connectivity index (χ2n) is 6.15. The van der Waals surface area contributed by atoms with Gasteiger partial charge in [-0.15, -0.1) is 0 Å². The van der Waals surface area contributed by atoms with Crippen LogP contribution in [0.1, 0.15) is 44.4 Å². The number of methoxy groups -OCH3 is 1. The largest absolute Gasteiger partial charge is 0.465 e.